The predicted octanol–water partition coefficient (Wildman–Crippen LogP) is 0.880. The van der Waals surface area contributed by atoms with Crippen LogP contribution >= 0.6 is 0 Å². The molecule has 10 nitrogen and oxygen atoms in total. The van der Waals surface area contributed by atoms with E-state index in [9.17, 15) is 19.2 Å². The molecule has 2 atom stereocenters. The second kappa shape index (κ2) is 13.8. The van der Waals surface area contributed by atoms with Crippen molar-refractivity contribution in [1.29, 1.82) is 0 Å². The van der Waals surface area contributed by atoms with E-state index in [1.165, 1.54) is 7.11 Å². The predicted molar refractivity (Wildman–Crippen MR) is 106 cm³/mol. The first-order valence-corrected chi connectivity index (χ1v) is 9.74. The van der Waals surface area contributed by atoms with Gasteiger partial charge in [-0.3, -0.25) is 19.7 Å². The van der Waals surface area contributed by atoms with Gasteiger partial charge in [-0.2, -0.15) is 0 Å². The Labute approximate surface area is 172 Å². The monoisotopic (exact) mass is 417 g/mol. The molecule has 0 radical (unpaired) electrons. The molecule has 0 saturated carbocycles. The van der Waals surface area contributed by atoms with Crippen LogP contribution in [0.15, 0.2) is 0 Å². The Morgan fingerprint density at radius 2 is 1.69 bits per heavy atom. The Morgan fingerprint density at radius 1 is 1.03 bits per heavy atom. The summed E-state index contributed by atoms with van der Waals surface area (Å²) in [6.07, 6.45) is 1.16. The molecule has 0 aromatic carbocycles. The standard InChI is InChI=1S/C19H35N3O7/c1-7-28-15(23)12-21-16(24)13(2)22-14(17(25)27-6)10-8-9-11-20-18(26)29-19(3,4)5/h13-14,22H,7-12H2,1-6H3,(H,20,26)(H,21,24). The van der Waals surface area contributed by atoms with Crippen LogP contribution in [0.25, 0.3) is 0 Å². The van der Waals surface area contributed by atoms with E-state index >= 15 is 0 Å². The molecule has 0 heterocycles. The van der Waals surface area contributed by atoms with Crippen LogP contribution in [0.3, 0.4) is 0 Å². The Balaban J connectivity index is 4.35. The summed E-state index contributed by atoms with van der Waals surface area (Å²) in [5, 5.41) is 8.00. The van der Waals surface area contributed by atoms with Crippen LogP contribution in [0.2, 0.25) is 0 Å². The third kappa shape index (κ3) is 13.4. The quantitative estimate of drug-likeness (QED) is 0.242. The van der Waals surface area contributed by atoms with Crippen LogP contribution in [-0.2, 0) is 28.6 Å². The van der Waals surface area contributed by atoms with Crippen LogP contribution in [0.5, 0.6) is 0 Å². The smallest absolute Gasteiger partial charge is 0.407 e. The minimum atomic E-state index is -0.714. The molecule has 0 aliphatic heterocycles. The molecule has 0 saturated heterocycles. The summed E-state index contributed by atoms with van der Waals surface area (Å²) in [7, 11) is 1.27. The second-order valence-electron chi connectivity index (χ2n) is 7.41. The highest BCUT2D eigenvalue weighted by Gasteiger charge is 2.24. The number of carbonyl (C=O) groups is 4. The molecular weight excluding hydrogens is 382 g/mol. The van der Waals surface area contributed by atoms with Crippen molar-refractivity contribution in [2.45, 2.75) is 71.6 Å². The molecule has 168 valence electrons. The molecular formula is C19H35N3O7. The third-order valence-electron chi connectivity index (χ3n) is 3.63. The van der Waals surface area contributed by atoms with Crippen molar-refractivity contribution in [2.24, 2.45) is 0 Å². The van der Waals surface area contributed by atoms with Gasteiger partial charge in [-0.05, 0) is 53.9 Å². The van der Waals surface area contributed by atoms with Crippen molar-refractivity contribution in [2.75, 3.05) is 26.8 Å². The highest BCUT2D eigenvalue weighted by atomic mass is 16.6. The van der Waals surface area contributed by atoms with Gasteiger partial charge in [0.2, 0.25) is 5.91 Å². The van der Waals surface area contributed by atoms with Crippen molar-refractivity contribution in [3.63, 3.8) is 0 Å². The Kier molecular flexibility index (Phi) is 12.6. The number of nitrogens with one attached hydrogen (secondary N) is 3. The van der Waals surface area contributed by atoms with Gasteiger partial charge < -0.3 is 24.8 Å². The van der Waals surface area contributed by atoms with E-state index in [0.717, 1.165) is 0 Å². The van der Waals surface area contributed by atoms with Crippen LogP contribution in [0, 0.1) is 0 Å². The molecule has 3 N–H and O–H groups in total. The fraction of sp³-hybridized carbons (Fsp3) is 0.789. The van der Waals surface area contributed by atoms with Gasteiger partial charge in [0.25, 0.3) is 0 Å². The second-order valence-corrected chi connectivity index (χ2v) is 7.41. The molecule has 10 heteroatoms. The van der Waals surface area contributed by atoms with E-state index in [1.54, 1.807) is 34.6 Å². The van der Waals surface area contributed by atoms with Crippen LogP contribution in [0.4, 0.5) is 4.79 Å². The number of carbonyl (C=O) groups excluding carboxylic acids is 4. The maximum Gasteiger partial charge on any atom is 0.407 e. The number of ether oxygens (including phenoxy) is 3. The van der Waals surface area contributed by atoms with Crippen LogP contribution in [0.1, 0.15) is 53.9 Å². The van der Waals surface area contributed by atoms with Crippen LogP contribution < -0.4 is 16.0 Å². The number of esters is 2. The van der Waals surface area contributed by atoms with Gasteiger partial charge >= 0.3 is 18.0 Å². The molecule has 0 fully saturated rings. The zero-order chi connectivity index (χ0) is 22.4. The number of amides is 2. The molecule has 2 amide bonds. The molecule has 0 aromatic rings. The van der Waals surface area contributed by atoms with Gasteiger partial charge in [-0.1, -0.05) is 0 Å². The lowest BCUT2D eigenvalue weighted by atomic mass is 10.1. The first kappa shape index (κ1) is 26.6. The summed E-state index contributed by atoms with van der Waals surface area (Å²) in [6, 6.07) is -1.40. The summed E-state index contributed by atoms with van der Waals surface area (Å²) in [5.74, 6) is -1.45. The van der Waals surface area contributed by atoms with Crippen molar-refractivity contribution in [3.8, 4) is 0 Å². The normalized spacial score (nSPS) is 13.0. The summed E-state index contributed by atoms with van der Waals surface area (Å²) in [5.41, 5.74) is -0.562. The number of hydrogen-bond donors (Lipinski definition) is 3. The van der Waals surface area contributed by atoms with E-state index in [2.05, 4.69) is 16.0 Å². The lowest BCUT2D eigenvalue weighted by molar-refractivity contribution is -0.145. The van der Waals surface area contributed by atoms with Gasteiger partial charge in [0.15, 0.2) is 0 Å². The van der Waals surface area contributed by atoms with E-state index in [0.29, 0.717) is 25.8 Å². The largest absolute Gasteiger partial charge is 0.468 e. The number of methoxy groups -OCH3 is 1. The summed E-state index contributed by atoms with van der Waals surface area (Å²) < 4.78 is 14.7. The zero-order valence-electron chi connectivity index (χ0n) is 18.3. The summed E-state index contributed by atoms with van der Waals surface area (Å²) in [6.45, 7) is 9.00. The molecule has 0 aliphatic rings. The van der Waals surface area contributed by atoms with E-state index in [1.807, 2.05) is 0 Å². The Morgan fingerprint density at radius 3 is 2.24 bits per heavy atom. The lowest BCUT2D eigenvalue weighted by Gasteiger charge is -2.21. The number of hydrogen-bond acceptors (Lipinski definition) is 8. The summed E-state index contributed by atoms with van der Waals surface area (Å²) >= 11 is 0. The van der Waals surface area contributed by atoms with Crippen molar-refractivity contribution >= 4 is 23.9 Å². The highest BCUT2D eigenvalue weighted by Crippen LogP contribution is 2.07. The molecule has 0 spiro atoms. The van der Waals surface area contributed by atoms with Crippen LogP contribution in [-0.4, -0.2) is 68.4 Å². The summed E-state index contributed by atoms with van der Waals surface area (Å²) in [4.78, 5) is 46.9. The van der Waals surface area contributed by atoms with Gasteiger partial charge in [-0.15, -0.1) is 0 Å². The van der Waals surface area contributed by atoms with E-state index < -0.39 is 41.6 Å². The van der Waals surface area contributed by atoms with Gasteiger partial charge in [0.05, 0.1) is 19.8 Å². The first-order valence-electron chi connectivity index (χ1n) is 9.74. The molecule has 0 bridgehead atoms. The maximum absolute atomic E-state index is 12.1. The number of rotatable bonds is 12. The topological polar surface area (TPSA) is 132 Å². The van der Waals surface area contributed by atoms with Gasteiger partial charge in [0.1, 0.15) is 18.2 Å². The third-order valence-corrected chi connectivity index (χ3v) is 3.63. The average Bonchev–Trinajstić information content (AvgIpc) is 2.62. The first-order chi connectivity index (χ1) is 13.5. The van der Waals surface area contributed by atoms with Gasteiger partial charge in [0, 0.05) is 6.54 Å². The Hall–Kier alpha value is -2.36. The minimum Gasteiger partial charge on any atom is -0.468 e. The fourth-order valence-electron chi connectivity index (χ4n) is 2.29. The lowest BCUT2D eigenvalue weighted by Crippen LogP contribution is -2.50. The molecule has 0 rings (SSSR count). The maximum atomic E-state index is 12.1. The molecule has 0 aromatic heterocycles. The molecule has 0 aliphatic carbocycles. The van der Waals surface area contributed by atoms with Crippen molar-refractivity contribution < 1.29 is 33.4 Å². The zero-order valence-corrected chi connectivity index (χ0v) is 18.3. The van der Waals surface area contributed by atoms with Crippen molar-refractivity contribution in [3.05, 3.63) is 0 Å². The average molecular weight is 418 g/mol. The van der Waals surface area contributed by atoms with Crippen molar-refractivity contribution in [1.82, 2.24) is 16.0 Å². The Bertz CT molecular complexity index is 546. The molecule has 2 unspecified atom stereocenters. The van der Waals surface area contributed by atoms with Gasteiger partial charge in [-0.25, -0.2) is 4.79 Å². The molecule has 29 heavy (non-hydrogen) atoms. The minimum absolute atomic E-state index is 0.232. The van der Waals surface area contributed by atoms with E-state index in [4.69, 9.17) is 14.2 Å². The highest BCUT2D eigenvalue weighted by molar-refractivity contribution is 5.86. The van der Waals surface area contributed by atoms with E-state index in [-0.39, 0.29) is 13.2 Å². The fourth-order valence-corrected chi connectivity index (χ4v) is 2.29. The number of unbranched alkanes of at least 4 members (excludes halogenated alkanes) is 1. The number of alkyl carbamates (subject to hydrolysis) is 1. The SMILES string of the molecule is CCOC(=O)CNC(=O)C(C)NC(CCCCNC(=O)OC(C)(C)C)C(=O)OC.